The largest absolute Gasteiger partial charge is 0.508 e. The molecule has 1 aromatic carbocycles. The van der Waals surface area contributed by atoms with Crippen molar-refractivity contribution in [2.75, 3.05) is 0 Å². The predicted molar refractivity (Wildman–Crippen MR) is 74.1 cm³/mol. The van der Waals surface area contributed by atoms with Crippen molar-refractivity contribution in [3.63, 3.8) is 0 Å². The van der Waals surface area contributed by atoms with Gasteiger partial charge in [-0.3, -0.25) is 0 Å². The van der Waals surface area contributed by atoms with E-state index < -0.39 is 0 Å². The molecule has 0 saturated heterocycles. The molecule has 0 fully saturated rings. The first-order chi connectivity index (χ1) is 8.58. The number of rotatable bonds is 4. The third-order valence-electron chi connectivity index (χ3n) is 2.95. The summed E-state index contributed by atoms with van der Waals surface area (Å²) >= 11 is 1.70. The van der Waals surface area contributed by atoms with Gasteiger partial charge in [-0.1, -0.05) is 6.07 Å². The Morgan fingerprint density at radius 3 is 2.56 bits per heavy atom. The van der Waals surface area contributed by atoms with Gasteiger partial charge >= 0.3 is 0 Å². The van der Waals surface area contributed by atoms with Crippen molar-refractivity contribution in [2.24, 2.45) is 0 Å². The van der Waals surface area contributed by atoms with Crippen molar-refractivity contribution in [3.05, 3.63) is 46.2 Å². The number of hydrogen-bond donors (Lipinski definition) is 3. The van der Waals surface area contributed by atoms with E-state index in [9.17, 15) is 10.2 Å². The quantitative estimate of drug-likeness (QED) is 0.739. The summed E-state index contributed by atoms with van der Waals surface area (Å²) in [5.41, 5.74) is 0.707. The van der Waals surface area contributed by atoms with E-state index in [4.69, 9.17) is 0 Å². The van der Waals surface area contributed by atoms with E-state index in [1.54, 1.807) is 17.4 Å². The zero-order chi connectivity index (χ0) is 13.1. The number of nitrogens with one attached hydrogen (secondary N) is 1. The van der Waals surface area contributed by atoms with Gasteiger partial charge in [-0.05, 0) is 43.5 Å². The molecular weight excluding hydrogens is 246 g/mol. The molecule has 0 aliphatic carbocycles. The smallest absolute Gasteiger partial charge is 0.120 e. The summed E-state index contributed by atoms with van der Waals surface area (Å²) in [6.07, 6.45) is 0. The maximum absolute atomic E-state index is 9.80. The summed E-state index contributed by atoms with van der Waals surface area (Å²) in [7, 11) is 0. The van der Waals surface area contributed by atoms with Crippen molar-refractivity contribution < 1.29 is 10.2 Å². The standard InChI is InChI=1S/C14H17NO2S/c1-9(12-8-11(16)5-6-13(12)17)15-10(2)14-4-3-7-18-14/h3-10,15-17H,1-2H3/t9?,10-/m1/s1. The Morgan fingerprint density at radius 1 is 1.11 bits per heavy atom. The van der Waals surface area contributed by atoms with Gasteiger partial charge in [0.2, 0.25) is 0 Å². The normalized spacial score (nSPS) is 14.3. The highest BCUT2D eigenvalue weighted by atomic mass is 32.1. The van der Waals surface area contributed by atoms with E-state index >= 15 is 0 Å². The van der Waals surface area contributed by atoms with Crippen LogP contribution in [0.4, 0.5) is 0 Å². The first kappa shape index (κ1) is 12.9. The van der Waals surface area contributed by atoms with Crippen LogP contribution in [0.1, 0.15) is 36.4 Å². The van der Waals surface area contributed by atoms with Crippen LogP contribution >= 0.6 is 11.3 Å². The van der Waals surface area contributed by atoms with Crippen LogP contribution in [0.2, 0.25) is 0 Å². The van der Waals surface area contributed by atoms with Gasteiger partial charge in [0.1, 0.15) is 11.5 Å². The number of thiophene rings is 1. The highest BCUT2D eigenvalue weighted by molar-refractivity contribution is 7.10. The van der Waals surface area contributed by atoms with Gasteiger partial charge in [0.05, 0.1) is 0 Å². The zero-order valence-electron chi connectivity index (χ0n) is 10.4. The fraction of sp³-hybridized carbons (Fsp3) is 0.286. The minimum Gasteiger partial charge on any atom is -0.508 e. The molecule has 0 aliphatic heterocycles. The molecule has 0 aliphatic rings. The van der Waals surface area contributed by atoms with E-state index in [0.717, 1.165) is 0 Å². The van der Waals surface area contributed by atoms with Gasteiger partial charge < -0.3 is 15.5 Å². The molecule has 1 unspecified atom stereocenters. The van der Waals surface area contributed by atoms with Crippen LogP contribution in [-0.4, -0.2) is 10.2 Å². The molecule has 3 N–H and O–H groups in total. The third-order valence-corrected chi connectivity index (χ3v) is 4.00. The van der Waals surface area contributed by atoms with Crippen LogP contribution < -0.4 is 5.32 Å². The second-order valence-corrected chi connectivity index (χ2v) is 5.35. The fourth-order valence-corrected chi connectivity index (χ4v) is 2.72. The summed E-state index contributed by atoms with van der Waals surface area (Å²) in [4.78, 5) is 1.25. The molecule has 1 heterocycles. The molecule has 18 heavy (non-hydrogen) atoms. The van der Waals surface area contributed by atoms with Gasteiger partial charge in [0.15, 0.2) is 0 Å². The molecule has 0 bridgehead atoms. The Balaban J connectivity index is 2.12. The summed E-state index contributed by atoms with van der Waals surface area (Å²) in [5, 5.41) is 24.7. The summed E-state index contributed by atoms with van der Waals surface area (Å²) < 4.78 is 0. The van der Waals surface area contributed by atoms with Crippen molar-refractivity contribution in [2.45, 2.75) is 25.9 Å². The Labute approximate surface area is 111 Å². The van der Waals surface area contributed by atoms with E-state index in [2.05, 4.69) is 18.3 Å². The van der Waals surface area contributed by atoms with Crippen molar-refractivity contribution >= 4 is 11.3 Å². The van der Waals surface area contributed by atoms with E-state index in [-0.39, 0.29) is 23.6 Å². The summed E-state index contributed by atoms with van der Waals surface area (Å²) in [6, 6.07) is 8.86. The van der Waals surface area contributed by atoms with Crippen molar-refractivity contribution in [3.8, 4) is 11.5 Å². The zero-order valence-corrected chi connectivity index (χ0v) is 11.2. The SMILES string of the molecule is CC(N[C@H](C)c1cccs1)c1cc(O)ccc1O. The van der Waals surface area contributed by atoms with Gasteiger partial charge in [-0.2, -0.15) is 0 Å². The lowest BCUT2D eigenvalue weighted by molar-refractivity contribution is 0.430. The van der Waals surface area contributed by atoms with E-state index in [1.807, 2.05) is 18.4 Å². The van der Waals surface area contributed by atoms with E-state index in [0.29, 0.717) is 5.56 Å². The molecule has 2 rings (SSSR count). The monoisotopic (exact) mass is 263 g/mol. The van der Waals surface area contributed by atoms with Crippen molar-refractivity contribution in [1.82, 2.24) is 5.32 Å². The number of hydrogen-bond acceptors (Lipinski definition) is 4. The number of phenols is 2. The first-order valence-electron chi connectivity index (χ1n) is 5.89. The molecule has 2 atom stereocenters. The van der Waals surface area contributed by atoms with Gasteiger partial charge in [0, 0.05) is 22.5 Å². The molecule has 3 nitrogen and oxygen atoms in total. The lowest BCUT2D eigenvalue weighted by atomic mass is 10.1. The molecule has 2 aromatic rings. The van der Waals surface area contributed by atoms with Crippen LogP contribution in [0.25, 0.3) is 0 Å². The van der Waals surface area contributed by atoms with Crippen LogP contribution in [-0.2, 0) is 0 Å². The number of phenolic OH excluding ortho intramolecular Hbond substituents is 2. The summed E-state index contributed by atoms with van der Waals surface area (Å²) in [6.45, 7) is 4.06. The van der Waals surface area contributed by atoms with Crippen LogP contribution in [0, 0.1) is 0 Å². The first-order valence-corrected chi connectivity index (χ1v) is 6.77. The molecule has 0 saturated carbocycles. The van der Waals surface area contributed by atoms with Crippen molar-refractivity contribution in [1.29, 1.82) is 0 Å². The second kappa shape index (κ2) is 5.42. The number of aromatic hydroxyl groups is 2. The molecular formula is C14H17NO2S. The van der Waals surface area contributed by atoms with Gasteiger partial charge in [-0.25, -0.2) is 0 Å². The maximum atomic E-state index is 9.80. The molecule has 0 radical (unpaired) electrons. The summed E-state index contributed by atoms with van der Waals surface area (Å²) in [5.74, 6) is 0.367. The Hall–Kier alpha value is -1.52. The molecule has 1 aromatic heterocycles. The number of benzene rings is 1. The average molecular weight is 263 g/mol. The van der Waals surface area contributed by atoms with Gasteiger partial charge in [-0.15, -0.1) is 11.3 Å². The third kappa shape index (κ3) is 2.83. The van der Waals surface area contributed by atoms with Crippen LogP contribution in [0.3, 0.4) is 0 Å². The predicted octanol–water partition coefficient (Wildman–Crippen LogP) is 3.57. The highest BCUT2D eigenvalue weighted by Crippen LogP contribution is 2.30. The Bertz CT molecular complexity index is 511. The maximum Gasteiger partial charge on any atom is 0.120 e. The minimum atomic E-state index is -0.0331. The lowest BCUT2D eigenvalue weighted by Gasteiger charge is -2.20. The topological polar surface area (TPSA) is 52.5 Å². The average Bonchev–Trinajstić information content (AvgIpc) is 2.85. The molecule has 0 spiro atoms. The van der Waals surface area contributed by atoms with Crippen LogP contribution in [0.5, 0.6) is 11.5 Å². The van der Waals surface area contributed by atoms with Gasteiger partial charge in [0.25, 0.3) is 0 Å². The molecule has 4 heteroatoms. The lowest BCUT2D eigenvalue weighted by Crippen LogP contribution is -2.21. The van der Waals surface area contributed by atoms with Crippen LogP contribution in [0.15, 0.2) is 35.7 Å². The Morgan fingerprint density at radius 2 is 1.89 bits per heavy atom. The minimum absolute atomic E-state index is 0.0331. The second-order valence-electron chi connectivity index (χ2n) is 4.37. The molecule has 0 amide bonds. The fourth-order valence-electron chi connectivity index (χ4n) is 1.97. The molecule has 96 valence electrons. The highest BCUT2D eigenvalue weighted by Gasteiger charge is 2.15. The Kier molecular flexibility index (Phi) is 3.89. The van der Waals surface area contributed by atoms with E-state index in [1.165, 1.54) is 17.0 Å².